The first-order chi connectivity index (χ1) is 11.6. The molecule has 5 nitrogen and oxygen atoms in total. The molecule has 0 unspecified atom stereocenters. The zero-order chi connectivity index (χ0) is 17.1. The quantitative estimate of drug-likeness (QED) is 0.762. The van der Waals surface area contributed by atoms with Gasteiger partial charge in [0.25, 0.3) is 5.91 Å². The van der Waals surface area contributed by atoms with Crippen LogP contribution in [0.15, 0.2) is 42.5 Å². The van der Waals surface area contributed by atoms with Gasteiger partial charge in [0.05, 0.1) is 17.3 Å². The van der Waals surface area contributed by atoms with Crippen molar-refractivity contribution in [1.29, 1.82) is 0 Å². The SMILES string of the molecule is COc1ccccc1O[C@H](C)C(=O)Nc1nc2cc(F)ccc2s1. The number of carbonyl (C=O) groups excluding carboxylic acids is 1. The van der Waals surface area contributed by atoms with Gasteiger partial charge in [-0.05, 0) is 31.2 Å². The van der Waals surface area contributed by atoms with Crippen LogP contribution in [-0.4, -0.2) is 24.1 Å². The summed E-state index contributed by atoms with van der Waals surface area (Å²) >= 11 is 1.28. The third kappa shape index (κ3) is 3.46. The van der Waals surface area contributed by atoms with Crippen LogP contribution in [0.3, 0.4) is 0 Å². The van der Waals surface area contributed by atoms with E-state index >= 15 is 0 Å². The minimum absolute atomic E-state index is 0.347. The molecule has 0 aliphatic carbocycles. The van der Waals surface area contributed by atoms with E-state index in [1.807, 2.05) is 6.07 Å². The van der Waals surface area contributed by atoms with Crippen LogP contribution >= 0.6 is 11.3 Å². The Kier molecular flexibility index (Phi) is 4.61. The van der Waals surface area contributed by atoms with E-state index in [0.717, 1.165) is 4.70 Å². The lowest BCUT2D eigenvalue weighted by Gasteiger charge is -2.15. The summed E-state index contributed by atoms with van der Waals surface area (Å²) in [7, 11) is 1.53. The fourth-order valence-corrected chi connectivity index (χ4v) is 2.97. The van der Waals surface area contributed by atoms with Crippen LogP contribution in [0.2, 0.25) is 0 Å². The van der Waals surface area contributed by atoms with Crippen molar-refractivity contribution >= 4 is 32.6 Å². The van der Waals surface area contributed by atoms with E-state index in [1.165, 1.54) is 30.6 Å². The number of carbonyl (C=O) groups is 1. The number of rotatable bonds is 5. The van der Waals surface area contributed by atoms with E-state index in [4.69, 9.17) is 9.47 Å². The Morgan fingerprint density at radius 1 is 1.25 bits per heavy atom. The van der Waals surface area contributed by atoms with E-state index < -0.39 is 6.10 Å². The van der Waals surface area contributed by atoms with Crippen molar-refractivity contribution in [1.82, 2.24) is 4.98 Å². The summed E-state index contributed by atoms with van der Waals surface area (Å²) in [4.78, 5) is 16.5. The van der Waals surface area contributed by atoms with Gasteiger partial charge in [0.15, 0.2) is 22.7 Å². The van der Waals surface area contributed by atoms with Crippen LogP contribution in [0.4, 0.5) is 9.52 Å². The molecule has 0 saturated heterocycles. The van der Waals surface area contributed by atoms with Gasteiger partial charge in [0.1, 0.15) is 5.82 Å². The second-order valence-electron chi connectivity index (χ2n) is 5.03. The lowest BCUT2D eigenvalue weighted by molar-refractivity contribution is -0.122. The van der Waals surface area contributed by atoms with Crippen LogP contribution < -0.4 is 14.8 Å². The molecule has 1 atom stereocenters. The first kappa shape index (κ1) is 16.2. The molecule has 1 heterocycles. The molecule has 0 fully saturated rings. The van der Waals surface area contributed by atoms with Crippen molar-refractivity contribution in [2.75, 3.05) is 12.4 Å². The summed E-state index contributed by atoms with van der Waals surface area (Å²) in [5, 5.41) is 3.09. The molecule has 1 amide bonds. The van der Waals surface area contributed by atoms with Crippen molar-refractivity contribution in [2.24, 2.45) is 0 Å². The van der Waals surface area contributed by atoms with E-state index in [-0.39, 0.29) is 11.7 Å². The molecule has 1 N–H and O–H groups in total. The van der Waals surface area contributed by atoms with E-state index in [0.29, 0.717) is 22.1 Å². The molecule has 0 aliphatic rings. The zero-order valence-electron chi connectivity index (χ0n) is 13.1. The number of halogens is 1. The van der Waals surface area contributed by atoms with Gasteiger partial charge in [-0.25, -0.2) is 9.37 Å². The lowest BCUT2D eigenvalue weighted by atomic mass is 10.3. The second-order valence-corrected chi connectivity index (χ2v) is 6.06. The standard InChI is InChI=1S/C17H15FN2O3S/c1-10(23-14-6-4-3-5-13(14)22-2)16(21)20-17-19-12-9-11(18)7-8-15(12)24-17/h3-10H,1-2H3,(H,19,20,21)/t10-/m1/s1. The summed E-state index contributed by atoms with van der Waals surface area (Å²) < 4.78 is 24.8. The molecule has 0 aliphatic heterocycles. The Morgan fingerprint density at radius 3 is 2.75 bits per heavy atom. The molecular formula is C17H15FN2O3S. The van der Waals surface area contributed by atoms with Gasteiger partial charge in [0.2, 0.25) is 0 Å². The molecule has 3 aromatic rings. The molecule has 0 bridgehead atoms. The third-order valence-corrected chi connectivity index (χ3v) is 4.27. The molecule has 1 aromatic heterocycles. The Balaban J connectivity index is 1.71. The maximum Gasteiger partial charge on any atom is 0.266 e. The molecule has 124 valence electrons. The van der Waals surface area contributed by atoms with E-state index in [2.05, 4.69) is 10.3 Å². The summed E-state index contributed by atoms with van der Waals surface area (Å²) in [5.74, 6) is 0.320. The summed E-state index contributed by atoms with van der Waals surface area (Å²) in [6.45, 7) is 1.63. The van der Waals surface area contributed by atoms with Gasteiger partial charge in [-0.3, -0.25) is 10.1 Å². The van der Waals surface area contributed by atoms with E-state index in [1.54, 1.807) is 31.2 Å². The average molecular weight is 346 g/mol. The number of fused-ring (bicyclic) bond motifs is 1. The number of nitrogens with one attached hydrogen (secondary N) is 1. The van der Waals surface area contributed by atoms with Gasteiger partial charge < -0.3 is 9.47 Å². The highest BCUT2D eigenvalue weighted by atomic mass is 32.1. The summed E-state index contributed by atoms with van der Waals surface area (Å²) in [6, 6.07) is 11.4. The molecule has 0 radical (unpaired) electrons. The highest BCUT2D eigenvalue weighted by Gasteiger charge is 2.18. The Labute approximate surface area is 142 Å². The largest absolute Gasteiger partial charge is 0.493 e. The van der Waals surface area contributed by atoms with Crippen LogP contribution in [-0.2, 0) is 4.79 Å². The molecule has 3 rings (SSSR count). The Hall–Kier alpha value is -2.67. The normalized spacial score (nSPS) is 12.0. The predicted molar refractivity (Wildman–Crippen MR) is 91.3 cm³/mol. The number of hydrogen-bond donors (Lipinski definition) is 1. The number of para-hydroxylation sites is 2. The van der Waals surface area contributed by atoms with Crippen LogP contribution in [0.1, 0.15) is 6.92 Å². The average Bonchev–Trinajstić information content (AvgIpc) is 2.96. The number of ether oxygens (including phenoxy) is 2. The van der Waals surface area contributed by atoms with Gasteiger partial charge in [-0.15, -0.1) is 0 Å². The second kappa shape index (κ2) is 6.84. The number of aromatic nitrogens is 1. The monoisotopic (exact) mass is 346 g/mol. The van der Waals surface area contributed by atoms with Crippen LogP contribution in [0.25, 0.3) is 10.2 Å². The first-order valence-corrected chi connectivity index (χ1v) is 8.05. The van der Waals surface area contributed by atoms with Crippen molar-refractivity contribution in [3.05, 3.63) is 48.3 Å². The van der Waals surface area contributed by atoms with Crippen molar-refractivity contribution in [3.63, 3.8) is 0 Å². The topological polar surface area (TPSA) is 60.5 Å². The number of nitrogens with zero attached hydrogens (tertiary/aromatic N) is 1. The highest BCUT2D eigenvalue weighted by molar-refractivity contribution is 7.22. The highest BCUT2D eigenvalue weighted by Crippen LogP contribution is 2.28. The first-order valence-electron chi connectivity index (χ1n) is 7.23. The molecule has 0 saturated carbocycles. The number of amides is 1. The van der Waals surface area contributed by atoms with Crippen molar-refractivity contribution < 1.29 is 18.7 Å². The maximum atomic E-state index is 13.2. The Bertz CT molecular complexity index is 881. The fourth-order valence-electron chi connectivity index (χ4n) is 2.12. The smallest absolute Gasteiger partial charge is 0.266 e. The maximum absolute atomic E-state index is 13.2. The molecule has 24 heavy (non-hydrogen) atoms. The number of anilines is 1. The molecule has 2 aromatic carbocycles. The molecule has 7 heteroatoms. The Morgan fingerprint density at radius 2 is 2.00 bits per heavy atom. The van der Waals surface area contributed by atoms with Crippen molar-refractivity contribution in [3.8, 4) is 11.5 Å². The zero-order valence-corrected chi connectivity index (χ0v) is 13.9. The number of methoxy groups -OCH3 is 1. The minimum atomic E-state index is -0.745. The van der Waals surface area contributed by atoms with Crippen LogP contribution in [0, 0.1) is 5.82 Å². The lowest BCUT2D eigenvalue weighted by Crippen LogP contribution is -2.30. The predicted octanol–water partition coefficient (Wildman–Crippen LogP) is 3.85. The minimum Gasteiger partial charge on any atom is -0.493 e. The molecule has 0 spiro atoms. The van der Waals surface area contributed by atoms with Gasteiger partial charge in [-0.1, -0.05) is 23.5 Å². The fraction of sp³-hybridized carbons (Fsp3) is 0.176. The number of hydrogen-bond acceptors (Lipinski definition) is 5. The third-order valence-electron chi connectivity index (χ3n) is 3.32. The summed E-state index contributed by atoms with van der Waals surface area (Å²) in [5.41, 5.74) is 0.508. The van der Waals surface area contributed by atoms with Gasteiger partial charge in [0, 0.05) is 6.07 Å². The van der Waals surface area contributed by atoms with E-state index in [9.17, 15) is 9.18 Å². The number of benzene rings is 2. The van der Waals surface area contributed by atoms with Crippen LogP contribution in [0.5, 0.6) is 11.5 Å². The van der Waals surface area contributed by atoms with Gasteiger partial charge in [-0.2, -0.15) is 0 Å². The summed E-state index contributed by atoms with van der Waals surface area (Å²) in [6.07, 6.45) is -0.745. The molecular weight excluding hydrogens is 331 g/mol. The number of thiazole rings is 1. The van der Waals surface area contributed by atoms with Gasteiger partial charge >= 0.3 is 0 Å². The van der Waals surface area contributed by atoms with Crippen molar-refractivity contribution in [2.45, 2.75) is 13.0 Å².